The van der Waals surface area contributed by atoms with E-state index in [2.05, 4.69) is 17.1 Å². The zero-order valence-electron chi connectivity index (χ0n) is 8.20. The Bertz CT molecular complexity index is 143. The van der Waals surface area contributed by atoms with Crippen molar-refractivity contribution in [3.63, 3.8) is 0 Å². The van der Waals surface area contributed by atoms with E-state index in [0.717, 1.165) is 6.67 Å². The topological polar surface area (TPSA) is 33.7 Å². The minimum Gasteiger partial charge on any atom is -0.366 e. The van der Waals surface area contributed by atoms with E-state index in [9.17, 15) is 0 Å². The summed E-state index contributed by atoms with van der Waals surface area (Å²) in [5, 5.41) is 3.26. The average Bonchev–Trinajstić information content (AvgIpc) is 2.06. The first kappa shape index (κ1) is 9.92. The molecule has 4 nitrogen and oxygen atoms in total. The van der Waals surface area contributed by atoms with E-state index in [1.54, 1.807) is 14.2 Å². The van der Waals surface area contributed by atoms with Gasteiger partial charge in [-0.15, -0.1) is 0 Å². The zero-order valence-corrected chi connectivity index (χ0v) is 8.20. The van der Waals surface area contributed by atoms with Crippen LogP contribution in [0.2, 0.25) is 0 Å². The first-order valence-corrected chi connectivity index (χ1v) is 4.20. The van der Waals surface area contributed by atoms with E-state index in [1.165, 1.54) is 0 Å². The maximum absolute atomic E-state index is 5.35. The summed E-state index contributed by atoms with van der Waals surface area (Å²) >= 11 is 0. The molecule has 1 N–H and O–H groups in total. The lowest BCUT2D eigenvalue weighted by atomic mass is 10.1. The number of rotatable bonds is 2. The molecule has 0 aromatic heterocycles. The van der Waals surface area contributed by atoms with Crippen molar-refractivity contribution in [2.45, 2.75) is 19.4 Å². The molecule has 1 rings (SSSR count). The number of nitrogens with one attached hydrogen (secondary N) is 1. The first-order chi connectivity index (χ1) is 5.70. The van der Waals surface area contributed by atoms with Crippen molar-refractivity contribution >= 4 is 0 Å². The lowest BCUT2D eigenvalue weighted by Gasteiger charge is -2.41. The van der Waals surface area contributed by atoms with Gasteiger partial charge < -0.3 is 9.47 Å². The fraction of sp³-hybridized carbons (Fsp3) is 1.00. The van der Waals surface area contributed by atoms with Gasteiger partial charge in [-0.2, -0.15) is 0 Å². The van der Waals surface area contributed by atoms with Crippen molar-refractivity contribution in [3.8, 4) is 0 Å². The van der Waals surface area contributed by atoms with Crippen LogP contribution >= 0.6 is 0 Å². The van der Waals surface area contributed by atoms with Gasteiger partial charge in [-0.25, -0.2) is 0 Å². The Morgan fingerprint density at radius 2 is 2.00 bits per heavy atom. The van der Waals surface area contributed by atoms with Gasteiger partial charge in [0.2, 0.25) is 0 Å². The molecule has 0 spiro atoms. The summed E-state index contributed by atoms with van der Waals surface area (Å²) in [5.41, 5.74) is 0. The largest absolute Gasteiger partial charge is 0.366 e. The van der Waals surface area contributed by atoms with Gasteiger partial charge in [-0.3, -0.25) is 10.2 Å². The van der Waals surface area contributed by atoms with E-state index in [4.69, 9.17) is 9.47 Å². The van der Waals surface area contributed by atoms with E-state index in [1.807, 2.05) is 7.05 Å². The second-order valence-electron chi connectivity index (χ2n) is 3.26. The molecular formula is C8H18N2O2. The van der Waals surface area contributed by atoms with Crippen LogP contribution in [0.25, 0.3) is 0 Å². The molecule has 4 heteroatoms. The SMILES string of the molecule is COC1NCN(C)C(OC)[C@H]1C. The van der Waals surface area contributed by atoms with Crippen molar-refractivity contribution in [3.05, 3.63) is 0 Å². The molecular weight excluding hydrogens is 156 g/mol. The third kappa shape index (κ3) is 1.77. The summed E-state index contributed by atoms with van der Waals surface area (Å²) in [5.74, 6) is 0.346. The summed E-state index contributed by atoms with van der Waals surface area (Å²) in [6, 6.07) is 0. The van der Waals surface area contributed by atoms with Crippen molar-refractivity contribution in [2.75, 3.05) is 27.9 Å². The number of nitrogens with zero attached hydrogens (tertiary/aromatic N) is 1. The van der Waals surface area contributed by atoms with Crippen molar-refractivity contribution in [1.29, 1.82) is 0 Å². The van der Waals surface area contributed by atoms with Gasteiger partial charge in [0.25, 0.3) is 0 Å². The predicted octanol–water partition coefficient (Wildman–Crippen LogP) is 0.0600. The van der Waals surface area contributed by atoms with Gasteiger partial charge in [0.05, 0.1) is 6.67 Å². The fourth-order valence-electron chi connectivity index (χ4n) is 1.75. The average molecular weight is 174 g/mol. The Balaban J connectivity index is 2.56. The van der Waals surface area contributed by atoms with E-state index in [-0.39, 0.29) is 12.5 Å². The molecule has 2 unspecified atom stereocenters. The van der Waals surface area contributed by atoms with Crippen molar-refractivity contribution in [2.24, 2.45) is 5.92 Å². The lowest BCUT2D eigenvalue weighted by molar-refractivity contribution is -0.142. The van der Waals surface area contributed by atoms with Gasteiger partial charge in [-0.05, 0) is 7.05 Å². The van der Waals surface area contributed by atoms with Gasteiger partial charge in [0, 0.05) is 20.1 Å². The monoisotopic (exact) mass is 174 g/mol. The Kier molecular flexibility index (Phi) is 3.46. The normalized spacial score (nSPS) is 38.5. The summed E-state index contributed by atoms with van der Waals surface area (Å²) in [4.78, 5) is 2.13. The standard InChI is InChI=1S/C8H18N2O2/c1-6-7(11-3)9-5-10(2)8(6)12-4/h6-9H,5H2,1-4H3/t6-,7?,8?/m0/s1. The molecule has 1 fully saturated rings. The quantitative estimate of drug-likeness (QED) is 0.642. The number of ether oxygens (including phenoxy) is 2. The maximum atomic E-state index is 5.35. The van der Waals surface area contributed by atoms with Crippen LogP contribution in [0, 0.1) is 5.92 Å². The molecule has 3 atom stereocenters. The number of methoxy groups -OCH3 is 2. The summed E-state index contributed by atoms with van der Waals surface area (Å²) in [6.07, 6.45) is 0.252. The highest BCUT2D eigenvalue weighted by Gasteiger charge is 2.32. The minimum absolute atomic E-state index is 0.103. The molecule has 72 valence electrons. The molecule has 1 aliphatic rings. The van der Waals surface area contributed by atoms with Gasteiger partial charge in [-0.1, -0.05) is 6.92 Å². The Hall–Kier alpha value is -0.160. The van der Waals surface area contributed by atoms with Crippen LogP contribution in [-0.2, 0) is 9.47 Å². The molecule has 0 aromatic carbocycles. The van der Waals surface area contributed by atoms with E-state index >= 15 is 0 Å². The molecule has 0 radical (unpaired) electrons. The second-order valence-corrected chi connectivity index (χ2v) is 3.26. The van der Waals surface area contributed by atoms with Crippen LogP contribution in [0.4, 0.5) is 0 Å². The summed E-state index contributed by atoms with van der Waals surface area (Å²) in [6.45, 7) is 2.92. The molecule has 0 saturated carbocycles. The second kappa shape index (κ2) is 4.18. The highest BCUT2D eigenvalue weighted by Crippen LogP contribution is 2.18. The smallest absolute Gasteiger partial charge is 0.117 e. The third-order valence-corrected chi connectivity index (χ3v) is 2.40. The Morgan fingerprint density at radius 1 is 1.33 bits per heavy atom. The van der Waals surface area contributed by atoms with E-state index in [0.29, 0.717) is 5.92 Å². The Labute approximate surface area is 73.8 Å². The number of hydrogen-bond acceptors (Lipinski definition) is 4. The summed E-state index contributed by atoms with van der Waals surface area (Å²) < 4.78 is 10.6. The van der Waals surface area contributed by atoms with Crippen LogP contribution in [0.1, 0.15) is 6.92 Å². The lowest BCUT2D eigenvalue weighted by Crippen LogP contribution is -2.58. The first-order valence-electron chi connectivity index (χ1n) is 4.20. The van der Waals surface area contributed by atoms with E-state index < -0.39 is 0 Å². The van der Waals surface area contributed by atoms with Crippen molar-refractivity contribution in [1.82, 2.24) is 10.2 Å². The van der Waals surface area contributed by atoms with Gasteiger partial charge >= 0.3 is 0 Å². The zero-order chi connectivity index (χ0) is 9.14. The minimum atomic E-state index is 0.103. The highest BCUT2D eigenvalue weighted by atomic mass is 16.5. The predicted molar refractivity (Wildman–Crippen MR) is 46.5 cm³/mol. The van der Waals surface area contributed by atoms with Crippen LogP contribution in [0.3, 0.4) is 0 Å². The third-order valence-electron chi connectivity index (χ3n) is 2.40. The van der Waals surface area contributed by atoms with Crippen molar-refractivity contribution < 1.29 is 9.47 Å². The molecule has 1 saturated heterocycles. The molecule has 12 heavy (non-hydrogen) atoms. The molecule has 0 aromatic rings. The molecule has 0 bridgehead atoms. The molecule has 0 amide bonds. The molecule has 1 aliphatic heterocycles. The molecule has 0 aliphatic carbocycles. The van der Waals surface area contributed by atoms with Crippen LogP contribution in [0.15, 0.2) is 0 Å². The van der Waals surface area contributed by atoms with Gasteiger partial charge in [0.15, 0.2) is 0 Å². The highest BCUT2D eigenvalue weighted by molar-refractivity contribution is 4.77. The fourth-order valence-corrected chi connectivity index (χ4v) is 1.75. The van der Waals surface area contributed by atoms with Crippen LogP contribution < -0.4 is 5.32 Å². The maximum Gasteiger partial charge on any atom is 0.117 e. The van der Waals surface area contributed by atoms with Crippen LogP contribution in [-0.4, -0.2) is 45.3 Å². The van der Waals surface area contributed by atoms with Gasteiger partial charge in [0.1, 0.15) is 12.5 Å². The summed E-state index contributed by atoms with van der Waals surface area (Å²) in [7, 11) is 5.48. The Morgan fingerprint density at radius 3 is 2.50 bits per heavy atom. The number of hydrogen-bond donors (Lipinski definition) is 1. The molecule has 1 heterocycles. The van der Waals surface area contributed by atoms with Crippen LogP contribution in [0.5, 0.6) is 0 Å².